The van der Waals surface area contributed by atoms with Crippen LogP contribution in [0.25, 0.3) is 70.4 Å². The number of Topliss-reactive ketones (excluding diaryl/α,β-unsaturated/α-hetero) is 2. The Hall–Kier alpha value is -4.83. The van der Waals surface area contributed by atoms with Crippen molar-refractivity contribution in [3.63, 3.8) is 0 Å². The van der Waals surface area contributed by atoms with Gasteiger partial charge < -0.3 is 4.40 Å². The van der Waals surface area contributed by atoms with Crippen molar-refractivity contribution in [2.24, 2.45) is 11.8 Å². The van der Waals surface area contributed by atoms with Gasteiger partial charge in [0.05, 0.1) is 16.6 Å². The van der Waals surface area contributed by atoms with Crippen molar-refractivity contribution in [2.75, 3.05) is 0 Å². The molecule has 2 aromatic heterocycles. The molecule has 0 aliphatic heterocycles. The third-order valence-corrected chi connectivity index (χ3v) is 13.2. The van der Waals surface area contributed by atoms with E-state index < -0.39 is 0 Å². The number of benzene rings is 6. The first kappa shape index (κ1) is 25.3. The molecule has 0 radical (unpaired) electrons. The Morgan fingerprint density at radius 1 is 0.468 bits per heavy atom. The quantitative estimate of drug-likeness (QED) is 0.127. The minimum atomic E-state index is 0.0704. The molecule has 4 heteroatoms. The van der Waals surface area contributed by atoms with Gasteiger partial charge in [0.25, 0.3) is 0 Å². The Balaban J connectivity index is 1.35. The van der Waals surface area contributed by atoms with Crippen LogP contribution < -0.4 is 5.43 Å². The van der Waals surface area contributed by atoms with E-state index in [0.717, 1.165) is 133 Å². The SMILES string of the molecule is O=C1c2cc3c(cc2C2CCC1CC2)c1cc2c4cccc5cccc(c(=O)c2c2c6cc7c(cc6n3c12)C(=O)C1CCC7CC1)c54. The average Bonchev–Trinajstić information content (AvgIpc) is 3.43. The largest absolute Gasteiger partial charge is 0.308 e. The summed E-state index contributed by atoms with van der Waals surface area (Å²) in [6.45, 7) is 0. The topological polar surface area (TPSA) is 55.6 Å². The number of hydrogen-bond acceptors (Lipinski definition) is 3. The molecule has 0 saturated heterocycles. The Bertz CT molecular complexity index is 2820. The Labute approximate surface area is 269 Å². The van der Waals surface area contributed by atoms with Crippen LogP contribution >= 0.6 is 0 Å². The number of carbonyl (C=O) groups is 2. The van der Waals surface area contributed by atoms with Crippen molar-refractivity contribution in [1.29, 1.82) is 0 Å². The fraction of sp³-hybridized carbons (Fsp3) is 0.279. The predicted octanol–water partition coefficient (Wildman–Crippen LogP) is 10.0. The van der Waals surface area contributed by atoms with Gasteiger partial charge in [-0.1, -0.05) is 36.4 Å². The molecular weight excluding hydrogens is 578 g/mol. The Morgan fingerprint density at radius 3 is 1.66 bits per heavy atom. The second kappa shape index (κ2) is 8.36. The smallest absolute Gasteiger partial charge is 0.195 e. The molecule has 47 heavy (non-hydrogen) atoms. The van der Waals surface area contributed by atoms with Crippen LogP contribution in [-0.2, 0) is 0 Å². The summed E-state index contributed by atoms with van der Waals surface area (Å²) in [7, 11) is 0. The van der Waals surface area contributed by atoms with E-state index in [2.05, 4.69) is 59.0 Å². The summed E-state index contributed by atoms with van der Waals surface area (Å²) in [5, 5.41) is 10.1. The zero-order valence-corrected chi connectivity index (χ0v) is 26.0. The van der Waals surface area contributed by atoms with Crippen LogP contribution in [0.4, 0.5) is 0 Å². The molecule has 2 saturated carbocycles. The molecular formula is C43H31NO3. The highest BCUT2D eigenvalue weighted by Crippen LogP contribution is 2.51. The maximum atomic E-state index is 14.8. The van der Waals surface area contributed by atoms with E-state index in [4.69, 9.17) is 0 Å². The van der Waals surface area contributed by atoms with E-state index in [9.17, 15) is 14.4 Å². The summed E-state index contributed by atoms with van der Waals surface area (Å²) in [4.78, 5) is 42.7. The minimum Gasteiger partial charge on any atom is -0.308 e. The van der Waals surface area contributed by atoms with E-state index in [-0.39, 0.29) is 23.0 Å². The van der Waals surface area contributed by atoms with Crippen LogP contribution in [0.3, 0.4) is 0 Å². The number of hydrogen-bond donors (Lipinski definition) is 0. The van der Waals surface area contributed by atoms with Gasteiger partial charge in [-0.25, -0.2) is 0 Å². The van der Waals surface area contributed by atoms with Gasteiger partial charge in [0.2, 0.25) is 0 Å². The highest BCUT2D eigenvalue weighted by Gasteiger charge is 2.38. The molecule has 0 N–H and O–H groups in total. The first-order chi connectivity index (χ1) is 23.0. The van der Waals surface area contributed by atoms with Gasteiger partial charge >= 0.3 is 0 Å². The lowest BCUT2D eigenvalue weighted by atomic mass is 9.82. The maximum absolute atomic E-state index is 14.8. The second-order valence-electron chi connectivity index (χ2n) is 15.2. The molecule has 2 fully saturated rings. The van der Waals surface area contributed by atoms with Gasteiger partial charge in [-0.05, 0) is 121 Å². The molecule has 6 aromatic carbocycles. The van der Waals surface area contributed by atoms with Crippen LogP contribution in [0.1, 0.15) is 95.0 Å². The third kappa shape index (κ3) is 2.92. The minimum absolute atomic E-state index is 0.0704. The third-order valence-electron chi connectivity index (χ3n) is 13.2. The van der Waals surface area contributed by atoms with E-state index in [1.807, 2.05) is 12.1 Å². The standard InChI is InChI=1S/C43H31NO3/c45-41-23-11-7-20(8-12-23)27-15-29-31-17-30-25-5-1-3-22-4-2-6-26(37(22)25)43(47)39(30)38-34-16-28-21-9-13-24(14-10-21)42(46)33(28)19-36(34)44(40(31)38)35(29)18-32(27)41/h1-6,15-21,23-24H,7-14H2. The van der Waals surface area contributed by atoms with Gasteiger partial charge in [-0.2, -0.15) is 0 Å². The Kier molecular flexibility index (Phi) is 4.49. The summed E-state index contributed by atoms with van der Waals surface area (Å²) in [5.41, 5.74) is 7.25. The Morgan fingerprint density at radius 2 is 1.02 bits per heavy atom. The van der Waals surface area contributed by atoms with Crippen LogP contribution in [0.5, 0.6) is 0 Å². The fourth-order valence-electron chi connectivity index (χ4n) is 11.0. The summed E-state index contributed by atoms with van der Waals surface area (Å²) in [6, 6.07) is 23.7. The number of aromatic nitrogens is 1. The molecule has 14 rings (SSSR count). The average molecular weight is 610 g/mol. The first-order valence-corrected chi connectivity index (χ1v) is 17.6. The van der Waals surface area contributed by atoms with E-state index in [1.165, 1.54) is 11.1 Å². The number of fused-ring (bicyclic) bond motifs is 13. The number of carbonyl (C=O) groups excluding carboxylic acids is 2. The summed E-state index contributed by atoms with van der Waals surface area (Å²) >= 11 is 0. The van der Waals surface area contributed by atoms with Gasteiger partial charge in [0.1, 0.15) is 0 Å². The normalized spacial score (nSPS) is 24.1. The van der Waals surface area contributed by atoms with Gasteiger partial charge in [0.15, 0.2) is 17.0 Å². The molecule has 0 unspecified atom stereocenters. The molecule has 2 heterocycles. The molecule has 4 bridgehead atoms. The van der Waals surface area contributed by atoms with Gasteiger partial charge in [-0.3, -0.25) is 14.4 Å². The molecule has 6 aliphatic carbocycles. The van der Waals surface area contributed by atoms with Crippen LogP contribution in [-0.4, -0.2) is 16.0 Å². The van der Waals surface area contributed by atoms with E-state index in [0.29, 0.717) is 17.6 Å². The zero-order valence-electron chi connectivity index (χ0n) is 26.0. The molecule has 8 aromatic rings. The number of ketones is 2. The highest BCUT2D eigenvalue weighted by molar-refractivity contribution is 6.36. The van der Waals surface area contributed by atoms with Crippen molar-refractivity contribution < 1.29 is 9.59 Å². The molecule has 0 spiro atoms. The number of nitrogens with zero attached hydrogens (tertiary/aromatic N) is 1. The molecule has 4 nitrogen and oxygen atoms in total. The molecule has 0 atom stereocenters. The van der Waals surface area contributed by atoms with Crippen molar-refractivity contribution in [2.45, 2.75) is 63.2 Å². The summed E-state index contributed by atoms with van der Waals surface area (Å²) < 4.78 is 2.31. The molecule has 0 amide bonds. The second-order valence-corrected chi connectivity index (χ2v) is 15.2. The van der Waals surface area contributed by atoms with E-state index >= 15 is 0 Å². The van der Waals surface area contributed by atoms with Crippen LogP contribution in [0, 0.1) is 11.8 Å². The predicted molar refractivity (Wildman–Crippen MR) is 189 cm³/mol. The monoisotopic (exact) mass is 609 g/mol. The molecule has 6 aliphatic rings. The van der Waals surface area contributed by atoms with Crippen molar-refractivity contribution in [3.8, 4) is 0 Å². The summed E-state index contributed by atoms with van der Waals surface area (Å²) in [6.07, 6.45) is 8.11. The lowest BCUT2D eigenvalue weighted by Gasteiger charge is -2.22. The number of rotatable bonds is 0. The first-order valence-electron chi connectivity index (χ1n) is 17.6. The molecule has 226 valence electrons. The van der Waals surface area contributed by atoms with Gasteiger partial charge in [-0.15, -0.1) is 0 Å². The fourth-order valence-corrected chi connectivity index (χ4v) is 11.0. The van der Waals surface area contributed by atoms with E-state index in [1.54, 1.807) is 0 Å². The van der Waals surface area contributed by atoms with Crippen LogP contribution in [0.2, 0.25) is 0 Å². The maximum Gasteiger partial charge on any atom is 0.195 e. The van der Waals surface area contributed by atoms with Gasteiger partial charge in [0, 0.05) is 60.7 Å². The van der Waals surface area contributed by atoms with Crippen LogP contribution in [0.15, 0.2) is 71.5 Å². The van der Waals surface area contributed by atoms with Crippen molar-refractivity contribution in [3.05, 3.63) is 99.2 Å². The zero-order chi connectivity index (χ0) is 30.9. The van der Waals surface area contributed by atoms with Crippen molar-refractivity contribution in [1.82, 2.24) is 4.40 Å². The highest BCUT2D eigenvalue weighted by atomic mass is 16.1. The summed E-state index contributed by atoms with van der Waals surface area (Å²) in [5.74, 6) is 1.58. The van der Waals surface area contributed by atoms with Crippen molar-refractivity contribution >= 4 is 82.0 Å². The lowest BCUT2D eigenvalue weighted by molar-refractivity contribution is 0.0891. The lowest BCUT2D eigenvalue weighted by Crippen LogP contribution is -2.15.